The van der Waals surface area contributed by atoms with Crippen LogP contribution in [-0.2, 0) is 4.74 Å². The Labute approximate surface area is 163 Å². The minimum atomic E-state index is -0.0375. The van der Waals surface area contributed by atoms with E-state index in [4.69, 9.17) is 4.74 Å². The van der Waals surface area contributed by atoms with Crippen LogP contribution in [0.1, 0.15) is 51.4 Å². The second-order valence-corrected chi connectivity index (χ2v) is 11.3. The van der Waals surface area contributed by atoms with Crippen LogP contribution in [0.4, 0.5) is 4.79 Å². The molecule has 4 aliphatic carbocycles. The summed E-state index contributed by atoms with van der Waals surface area (Å²) in [6.45, 7) is 2.80. The summed E-state index contributed by atoms with van der Waals surface area (Å²) in [5.74, 6) is 3.73. The zero-order chi connectivity index (χ0) is 18.4. The highest BCUT2D eigenvalue weighted by atomic mass is 16.5. The lowest BCUT2D eigenvalue weighted by Gasteiger charge is -2.57. The number of hydrogen-bond donors (Lipinski definition) is 1. The predicted molar refractivity (Wildman–Crippen MR) is 103 cm³/mol. The molecule has 4 atom stereocenters. The van der Waals surface area contributed by atoms with Crippen LogP contribution < -0.4 is 5.32 Å². The zero-order valence-electron chi connectivity index (χ0n) is 17.0. The van der Waals surface area contributed by atoms with Crippen LogP contribution in [0.25, 0.3) is 0 Å². The van der Waals surface area contributed by atoms with Crippen LogP contribution in [0.2, 0.25) is 0 Å². The first kappa shape index (κ1) is 17.1. The Bertz CT molecular complexity index is 614. The fourth-order valence-electron chi connectivity index (χ4n) is 8.58. The van der Waals surface area contributed by atoms with E-state index in [-0.39, 0.29) is 17.2 Å². The molecule has 0 radical (unpaired) electrons. The summed E-state index contributed by atoms with van der Waals surface area (Å²) in [5.41, 5.74) is 0.0768. The molecule has 0 unspecified atom stereocenters. The number of nitrogens with zero attached hydrogens (tertiary/aromatic N) is 2. The van der Waals surface area contributed by atoms with Gasteiger partial charge in [0.1, 0.15) is 0 Å². The van der Waals surface area contributed by atoms with Crippen LogP contribution in [-0.4, -0.2) is 66.8 Å². The third kappa shape index (κ3) is 2.53. The average Bonchev–Trinajstić information content (AvgIpc) is 3.22. The Balaban J connectivity index is 1.17. The molecular formula is C22H35N3O2. The lowest BCUT2D eigenvalue weighted by Crippen LogP contribution is -2.61. The average molecular weight is 374 g/mol. The van der Waals surface area contributed by atoms with Gasteiger partial charge in [0.25, 0.3) is 0 Å². The molecule has 7 aliphatic rings. The van der Waals surface area contributed by atoms with Gasteiger partial charge in [-0.25, -0.2) is 4.79 Å². The summed E-state index contributed by atoms with van der Waals surface area (Å²) in [6.07, 6.45) is 10.7. The number of ether oxygens (including phenoxy) is 1. The molecule has 0 aromatic carbocycles. The molecule has 2 amide bonds. The second kappa shape index (κ2) is 5.63. The molecule has 5 nitrogen and oxygen atoms in total. The van der Waals surface area contributed by atoms with Gasteiger partial charge in [0.05, 0.1) is 18.2 Å². The third-order valence-corrected chi connectivity index (χ3v) is 9.06. The van der Waals surface area contributed by atoms with Crippen molar-refractivity contribution >= 4 is 6.03 Å². The van der Waals surface area contributed by atoms with Crippen molar-refractivity contribution in [2.24, 2.45) is 29.6 Å². The third-order valence-electron chi connectivity index (χ3n) is 9.06. The highest BCUT2D eigenvalue weighted by Gasteiger charge is 2.64. The first-order chi connectivity index (χ1) is 12.9. The maximum Gasteiger partial charge on any atom is 0.317 e. The van der Waals surface area contributed by atoms with E-state index in [1.807, 2.05) is 0 Å². The monoisotopic (exact) mass is 373 g/mol. The topological polar surface area (TPSA) is 44.8 Å². The van der Waals surface area contributed by atoms with Gasteiger partial charge in [-0.2, -0.15) is 0 Å². The van der Waals surface area contributed by atoms with Crippen molar-refractivity contribution in [1.29, 1.82) is 0 Å². The van der Waals surface area contributed by atoms with E-state index in [2.05, 4.69) is 29.2 Å². The molecule has 1 spiro atoms. The van der Waals surface area contributed by atoms with Gasteiger partial charge in [0, 0.05) is 30.5 Å². The van der Waals surface area contributed by atoms with Crippen molar-refractivity contribution in [3.63, 3.8) is 0 Å². The molecule has 27 heavy (non-hydrogen) atoms. The van der Waals surface area contributed by atoms with Gasteiger partial charge in [-0.3, -0.25) is 0 Å². The summed E-state index contributed by atoms with van der Waals surface area (Å²) >= 11 is 0. The molecule has 3 heterocycles. The standard InChI is InChI=1S/C22H35N3O2/c1-24(2)11-17-18-12-25(13-22(18)4-3-19(17)27-22)20(26)23-21-8-14-5-15(9-21)7-16(6-14)10-21/h14-19H,3-13H2,1-2H3,(H,23,26)/t14?,15?,16?,17-,18+,19+,21?,22+/m0/s1. The molecule has 7 rings (SSSR count). The van der Waals surface area contributed by atoms with Crippen molar-refractivity contribution in [2.45, 2.75) is 68.6 Å². The van der Waals surface area contributed by atoms with Gasteiger partial charge in [-0.1, -0.05) is 0 Å². The van der Waals surface area contributed by atoms with Gasteiger partial charge >= 0.3 is 6.03 Å². The van der Waals surface area contributed by atoms with Gasteiger partial charge in [0.15, 0.2) is 0 Å². The SMILES string of the molecule is CN(C)C[C@H]1[C@H]2CN(C(=O)NC34CC5CC(CC(C5)C3)C4)C[C@]23CC[C@H]1O3. The van der Waals surface area contributed by atoms with Gasteiger partial charge in [-0.05, 0) is 83.2 Å². The van der Waals surface area contributed by atoms with E-state index >= 15 is 0 Å². The molecule has 0 aromatic rings. The fraction of sp³-hybridized carbons (Fsp3) is 0.955. The number of nitrogens with one attached hydrogen (secondary N) is 1. The normalized spacial score (nSPS) is 52.0. The quantitative estimate of drug-likeness (QED) is 0.827. The molecule has 3 aliphatic heterocycles. The van der Waals surface area contributed by atoms with Crippen LogP contribution >= 0.6 is 0 Å². The van der Waals surface area contributed by atoms with Crippen LogP contribution in [0.15, 0.2) is 0 Å². The minimum Gasteiger partial charge on any atom is -0.369 e. The van der Waals surface area contributed by atoms with Gasteiger partial charge < -0.3 is 19.9 Å². The number of carbonyl (C=O) groups excluding carboxylic acids is 1. The van der Waals surface area contributed by atoms with E-state index in [0.29, 0.717) is 17.9 Å². The molecular weight excluding hydrogens is 338 g/mol. The number of rotatable bonds is 3. The van der Waals surface area contributed by atoms with Gasteiger partial charge in [-0.15, -0.1) is 0 Å². The summed E-state index contributed by atoms with van der Waals surface area (Å²) < 4.78 is 6.52. The van der Waals surface area contributed by atoms with Crippen molar-refractivity contribution in [2.75, 3.05) is 33.7 Å². The Kier molecular flexibility index (Phi) is 3.56. The van der Waals surface area contributed by atoms with Crippen molar-refractivity contribution in [3.05, 3.63) is 0 Å². The summed E-state index contributed by atoms with van der Waals surface area (Å²) in [6, 6.07) is 0.205. The molecule has 6 bridgehead atoms. The number of likely N-dealkylation sites (tertiary alicyclic amines) is 1. The molecule has 150 valence electrons. The van der Waals surface area contributed by atoms with E-state index in [9.17, 15) is 4.79 Å². The highest BCUT2D eigenvalue weighted by Crippen LogP contribution is 2.57. The van der Waals surface area contributed by atoms with E-state index < -0.39 is 0 Å². The fourth-order valence-corrected chi connectivity index (χ4v) is 8.58. The van der Waals surface area contributed by atoms with E-state index in [1.165, 1.54) is 44.9 Å². The van der Waals surface area contributed by atoms with Gasteiger partial charge in [0.2, 0.25) is 0 Å². The predicted octanol–water partition coefficient (Wildman–Crippen LogP) is 2.71. The van der Waals surface area contributed by atoms with Crippen molar-refractivity contribution in [1.82, 2.24) is 15.1 Å². The number of fused-ring (bicyclic) bond motifs is 1. The molecule has 4 saturated carbocycles. The Morgan fingerprint density at radius 2 is 1.81 bits per heavy atom. The number of carbonyl (C=O) groups is 1. The maximum absolute atomic E-state index is 13.3. The van der Waals surface area contributed by atoms with Crippen LogP contribution in [0.5, 0.6) is 0 Å². The van der Waals surface area contributed by atoms with Crippen LogP contribution in [0, 0.1) is 29.6 Å². The molecule has 1 N–H and O–H groups in total. The number of hydrogen-bond acceptors (Lipinski definition) is 3. The molecule has 7 fully saturated rings. The lowest BCUT2D eigenvalue weighted by molar-refractivity contribution is -0.0176. The summed E-state index contributed by atoms with van der Waals surface area (Å²) in [4.78, 5) is 17.7. The van der Waals surface area contributed by atoms with Crippen molar-refractivity contribution in [3.8, 4) is 0 Å². The highest BCUT2D eigenvalue weighted by molar-refractivity contribution is 5.76. The minimum absolute atomic E-state index is 0.0375. The van der Waals surface area contributed by atoms with E-state index in [0.717, 1.165) is 43.8 Å². The second-order valence-electron chi connectivity index (χ2n) is 11.3. The largest absolute Gasteiger partial charge is 0.369 e. The first-order valence-electron chi connectivity index (χ1n) is 11.3. The van der Waals surface area contributed by atoms with E-state index in [1.54, 1.807) is 0 Å². The molecule has 5 heteroatoms. The first-order valence-corrected chi connectivity index (χ1v) is 11.3. The maximum atomic E-state index is 13.3. The lowest BCUT2D eigenvalue weighted by atomic mass is 9.53. The van der Waals surface area contributed by atoms with Crippen molar-refractivity contribution < 1.29 is 9.53 Å². The Morgan fingerprint density at radius 3 is 2.44 bits per heavy atom. The Hall–Kier alpha value is -0.810. The number of urea groups is 1. The van der Waals surface area contributed by atoms with Crippen LogP contribution in [0.3, 0.4) is 0 Å². The zero-order valence-corrected chi connectivity index (χ0v) is 17.0. The summed E-state index contributed by atoms with van der Waals surface area (Å²) in [5, 5.41) is 3.59. The smallest absolute Gasteiger partial charge is 0.317 e. The molecule has 3 saturated heterocycles. The number of amides is 2. The Morgan fingerprint density at radius 1 is 1.15 bits per heavy atom. The summed E-state index contributed by atoms with van der Waals surface area (Å²) in [7, 11) is 4.32. The molecule has 0 aromatic heterocycles.